The molecule has 5 heteroatoms. The first kappa shape index (κ1) is 29.4. The van der Waals surface area contributed by atoms with Gasteiger partial charge in [-0.3, -0.25) is 9.59 Å². The summed E-state index contributed by atoms with van der Waals surface area (Å²) in [5.41, 5.74) is 3.64. The molecule has 0 radical (unpaired) electrons. The summed E-state index contributed by atoms with van der Waals surface area (Å²) < 4.78 is 5.82. The summed E-state index contributed by atoms with van der Waals surface area (Å²) in [7, 11) is 0. The topological polar surface area (TPSA) is 83.8 Å². The Labute approximate surface area is 230 Å². The molecule has 9 atom stereocenters. The van der Waals surface area contributed by atoms with Gasteiger partial charge in [0, 0.05) is 18.3 Å². The van der Waals surface area contributed by atoms with Crippen LogP contribution in [0.2, 0.25) is 0 Å². The van der Waals surface area contributed by atoms with E-state index in [9.17, 15) is 19.8 Å². The van der Waals surface area contributed by atoms with Crippen LogP contribution in [-0.4, -0.2) is 34.4 Å². The summed E-state index contributed by atoms with van der Waals surface area (Å²) in [5.74, 6) is -1.06. The number of ether oxygens (including phenoxy) is 1. The van der Waals surface area contributed by atoms with Crippen molar-refractivity contribution in [1.82, 2.24) is 0 Å². The maximum atomic E-state index is 12.7. The normalized spacial score (nSPS) is 41.4. The summed E-state index contributed by atoms with van der Waals surface area (Å²) in [6.07, 6.45) is 7.15. The Hall–Kier alpha value is -1.62. The van der Waals surface area contributed by atoms with Crippen LogP contribution in [0.3, 0.4) is 0 Å². The molecule has 0 aromatic rings. The number of aliphatic carboxylic acids is 1. The molecular weight excluding hydrogens is 476 g/mol. The molecule has 38 heavy (non-hydrogen) atoms. The lowest BCUT2D eigenvalue weighted by Gasteiger charge is -2.62. The Morgan fingerprint density at radius 1 is 1.03 bits per heavy atom. The third-order valence-corrected chi connectivity index (χ3v) is 12.6. The van der Waals surface area contributed by atoms with E-state index in [4.69, 9.17) is 4.74 Å². The number of allylic oxidation sites excluding steroid dienone is 3. The number of aliphatic hydroxyl groups is 1. The van der Waals surface area contributed by atoms with Gasteiger partial charge in [-0.05, 0) is 92.8 Å². The average molecular weight is 529 g/mol. The molecule has 0 unspecified atom stereocenters. The summed E-state index contributed by atoms with van der Waals surface area (Å²) in [4.78, 5) is 24.5. The fourth-order valence-corrected chi connectivity index (χ4v) is 10.0. The molecule has 0 spiro atoms. The molecule has 4 rings (SSSR count). The van der Waals surface area contributed by atoms with Crippen LogP contribution in [0.15, 0.2) is 23.3 Å². The highest BCUT2D eigenvalue weighted by Crippen LogP contribution is 2.72. The van der Waals surface area contributed by atoms with Gasteiger partial charge in [0.1, 0.15) is 6.10 Å². The van der Waals surface area contributed by atoms with Gasteiger partial charge in [0.15, 0.2) is 0 Å². The number of carbonyl (C=O) groups excluding carboxylic acids is 1. The van der Waals surface area contributed by atoms with Gasteiger partial charge in [-0.1, -0.05) is 64.8 Å². The standard InChI is InChI=1S/C33H52O5/c1-19(2)20(3)10-11-22(29(36)37)28-25(35)18-33(9)24-12-13-26-30(5,6)27(38-21(4)34)15-16-31(26,7)23(24)14-17-32(28,33)8/h20,22,25-28,35H,1,10-18H2,2-9H3,(H,36,37)/t20-,22+,25+,26-,27+,28-,31+,32+,33-/m0/s1. The van der Waals surface area contributed by atoms with E-state index in [0.717, 1.165) is 50.5 Å². The van der Waals surface area contributed by atoms with Crippen LogP contribution < -0.4 is 0 Å². The van der Waals surface area contributed by atoms with Crippen LogP contribution in [0.1, 0.15) is 113 Å². The van der Waals surface area contributed by atoms with Gasteiger partial charge in [0.25, 0.3) is 0 Å². The highest BCUT2D eigenvalue weighted by atomic mass is 16.5. The van der Waals surface area contributed by atoms with Crippen LogP contribution in [0.4, 0.5) is 0 Å². The molecule has 2 fully saturated rings. The monoisotopic (exact) mass is 528 g/mol. The Morgan fingerprint density at radius 3 is 2.26 bits per heavy atom. The van der Waals surface area contributed by atoms with Gasteiger partial charge in [0.05, 0.1) is 12.0 Å². The molecule has 0 amide bonds. The van der Waals surface area contributed by atoms with Crippen molar-refractivity contribution in [3.05, 3.63) is 23.3 Å². The van der Waals surface area contributed by atoms with Crippen molar-refractivity contribution in [2.45, 2.75) is 125 Å². The zero-order chi connectivity index (χ0) is 28.4. The largest absolute Gasteiger partial charge is 0.481 e. The lowest BCUT2D eigenvalue weighted by Crippen LogP contribution is -2.56. The molecule has 0 bridgehead atoms. The Balaban J connectivity index is 1.69. The van der Waals surface area contributed by atoms with Crippen LogP contribution in [0.5, 0.6) is 0 Å². The van der Waals surface area contributed by atoms with E-state index in [-0.39, 0.29) is 45.6 Å². The maximum absolute atomic E-state index is 12.7. The molecule has 2 N–H and O–H groups in total. The van der Waals surface area contributed by atoms with Gasteiger partial charge in [0.2, 0.25) is 0 Å². The minimum absolute atomic E-state index is 0.0459. The number of aliphatic hydroxyl groups excluding tert-OH is 1. The molecule has 0 heterocycles. The SMILES string of the molecule is C=C(C)[C@@H](C)CC[C@@H](C(=O)O)[C@H]1[C@H](O)C[C@@]2(C)C3=C(CC[C@]12C)[C@@]1(C)CC[C@@H](OC(C)=O)C(C)(C)[C@@H]1CC3. The minimum atomic E-state index is -0.769. The van der Waals surface area contributed by atoms with Crippen molar-refractivity contribution in [2.24, 2.45) is 45.3 Å². The third-order valence-electron chi connectivity index (χ3n) is 12.6. The highest BCUT2D eigenvalue weighted by Gasteiger charge is 2.66. The van der Waals surface area contributed by atoms with Gasteiger partial charge in [-0.25, -0.2) is 0 Å². The first-order chi connectivity index (χ1) is 17.5. The molecule has 0 aromatic carbocycles. The molecule has 4 aliphatic rings. The number of fused-ring (bicyclic) bond motifs is 4. The first-order valence-corrected chi connectivity index (χ1v) is 15.0. The number of rotatable bonds is 7. The van der Waals surface area contributed by atoms with Crippen LogP contribution in [-0.2, 0) is 14.3 Å². The van der Waals surface area contributed by atoms with E-state index >= 15 is 0 Å². The molecular formula is C33H52O5. The number of esters is 1. The second-order valence-corrected chi connectivity index (χ2v) is 14.7. The van der Waals surface area contributed by atoms with Crippen molar-refractivity contribution >= 4 is 11.9 Å². The smallest absolute Gasteiger partial charge is 0.306 e. The van der Waals surface area contributed by atoms with Crippen LogP contribution >= 0.6 is 0 Å². The van der Waals surface area contributed by atoms with Crippen molar-refractivity contribution in [3.8, 4) is 0 Å². The minimum Gasteiger partial charge on any atom is -0.481 e. The zero-order valence-corrected chi connectivity index (χ0v) is 25.2. The van der Waals surface area contributed by atoms with Gasteiger partial charge >= 0.3 is 11.9 Å². The predicted octanol–water partition coefficient (Wildman–Crippen LogP) is 7.33. The first-order valence-electron chi connectivity index (χ1n) is 15.0. The number of carbonyl (C=O) groups is 2. The van der Waals surface area contributed by atoms with Crippen LogP contribution in [0.25, 0.3) is 0 Å². The molecule has 0 aliphatic heterocycles. The fraction of sp³-hybridized carbons (Fsp3) is 0.818. The third kappa shape index (κ3) is 4.30. The van der Waals surface area contributed by atoms with Crippen LogP contribution in [0, 0.1) is 45.3 Å². The quantitative estimate of drug-likeness (QED) is 0.267. The maximum Gasteiger partial charge on any atom is 0.306 e. The molecule has 5 nitrogen and oxygen atoms in total. The molecule has 0 saturated heterocycles. The van der Waals surface area contributed by atoms with E-state index in [1.165, 1.54) is 12.5 Å². The predicted molar refractivity (Wildman–Crippen MR) is 150 cm³/mol. The second-order valence-electron chi connectivity index (χ2n) is 14.7. The number of carboxylic acids is 1. The number of carboxylic acid groups (broad SMARTS) is 1. The average Bonchev–Trinajstić information content (AvgIpc) is 3.01. The van der Waals surface area contributed by atoms with Crippen molar-refractivity contribution in [1.29, 1.82) is 0 Å². The number of hydrogen-bond donors (Lipinski definition) is 2. The Morgan fingerprint density at radius 2 is 1.68 bits per heavy atom. The van der Waals surface area contributed by atoms with E-state index in [1.807, 2.05) is 6.92 Å². The Bertz CT molecular complexity index is 1020. The van der Waals surface area contributed by atoms with E-state index < -0.39 is 18.0 Å². The Kier molecular flexibility index (Phi) is 7.56. The molecule has 4 aliphatic carbocycles. The van der Waals surface area contributed by atoms with E-state index in [0.29, 0.717) is 18.8 Å². The second kappa shape index (κ2) is 9.78. The summed E-state index contributed by atoms with van der Waals surface area (Å²) >= 11 is 0. The lowest BCUT2D eigenvalue weighted by atomic mass is 9.43. The van der Waals surface area contributed by atoms with Gasteiger partial charge in [-0.2, -0.15) is 0 Å². The zero-order valence-electron chi connectivity index (χ0n) is 25.2. The lowest BCUT2D eigenvalue weighted by molar-refractivity contribution is -0.167. The molecule has 2 saturated carbocycles. The summed E-state index contributed by atoms with van der Waals surface area (Å²) in [6.45, 7) is 21.3. The van der Waals surface area contributed by atoms with Gasteiger partial charge in [-0.15, -0.1) is 0 Å². The number of hydrogen-bond acceptors (Lipinski definition) is 4. The molecule has 0 aromatic heterocycles. The highest BCUT2D eigenvalue weighted by molar-refractivity contribution is 5.71. The molecule has 214 valence electrons. The summed E-state index contributed by atoms with van der Waals surface area (Å²) in [6, 6.07) is 0. The van der Waals surface area contributed by atoms with E-state index in [2.05, 4.69) is 48.1 Å². The van der Waals surface area contributed by atoms with Crippen molar-refractivity contribution < 1.29 is 24.5 Å². The van der Waals surface area contributed by atoms with E-state index in [1.54, 1.807) is 5.57 Å². The van der Waals surface area contributed by atoms with Crippen molar-refractivity contribution in [3.63, 3.8) is 0 Å². The summed E-state index contributed by atoms with van der Waals surface area (Å²) in [5, 5.41) is 22.0. The van der Waals surface area contributed by atoms with Crippen molar-refractivity contribution in [2.75, 3.05) is 0 Å². The fourth-order valence-electron chi connectivity index (χ4n) is 10.0. The van der Waals surface area contributed by atoms with Gasteiger partial charge < -0.3 is 14.9 Å².